The molecule has 5 rings (SSSR count). The number of hydrogen-bond donors (Lipinski definition) is 0. The average Bonchev–Trinajstić information content (AvgIpc) is 3.03. The lowest BCUT2D eigenvalue weighted by Gasteiger charge is -2.16. The van der Waals surface area contributed by atoms with Crippen LogP contribution >= 0.6 is 0 Å². The highest BCUT2D eigenvalue weighted by Gasteiger charge is 2.25. The summed E-state index contributed by atoms with van der Waals surface area (Å²) in [5, 5.41) is 9.08. The third-order valence-corrected chi connectivity index (χ3v) is 6.51. The molecule has 1 aliphatic carbocycles. The second-order valence-electron chi connectivity index (χ2n) is 7.63. The minimum Gasteiger partial charge on any atom is -0.0613 e. The van der Waals surface area contributed by atoms with Gasteiger partial charge in [0.25, 0.3) is 0 Å². The summed E-state index contributed by atoms with van der Waals surface area (Å²) in [4.78, 5) is 0. The van der Waals surface area contributed by atoms with E-state index in [2.05, 4.69) is 64.1 Å². The first-order valence-corrected chi connectivity index (χ1v) is 10.2. The fourth-order valence-electron chi connectivity index (χ4n) is 5.21. The highest BCUT2D eigenvalue weighted by Crippen LogP contribution is 2.51. The monoisotopic (exact) mass is 338 g/mol. The number of fused-ring (bicyclic) bond motifs is 1. The molecule has 0 atom stereocenters. The van der Waals surface area contributed by atoms with Crippen LogP contribution in [0.15, 0.2) is 36.4 Å². The van der Waals surface area contributed by atoms with E-state index in [1.165, 1.54) is 60.3 Å². The van der Waals surface area contributed by atoms with Crippen molar-refractivity contribution < 1.29 is 0 Å². The SMILES string of the molecule is CCc1ccc2c3c1cc(CC)c1c(CC)cc4c(CC)ccc-2c4c13. The van der Waals surface area contributed by atoms with Gasteiger partial charge in [-0.05, 0) is 91.4 Å². The largest absolute Gasteiger partial charge is 0.0613 e. The summed E-state index contributed by atoms with van der Waals surface area (Å²) in [6.45, 7) is 9.17. The molecule has 0 unspecified atom stereocenters. The summed E-state index contributed by atoms with van der Waals surface area (Å²) in [6.07, 6.45) is 4.39. The molecule has 0 heterocycles. The standard InChI is InChI=1S/C26H26/c1-5-15-9-11-19-20-12-10-16(6-2)22-14-18(8-4)23-17(7-3)13-21(15)24(19)26(23)25(20)22/h9-14H,5-8H2,1-4H3. The van der Waals surface area contributed by atoms with E-state index in [0.717, 1.165) is 25.7 Å². The number of rotatable bonds is 4. The summed E-state index contributed by atoms with van der Waals surface area (Å²) < 4.78 is 0. The quantitative estimate of drug-likeness (QED) is 0.300. The zero-order valence-corrected chi connectivity index (χ0v) is 16.3. The third-order valence-electron chi connectivity index (χ3n) is 6.51. The molecule has 1 aliphatic rings. The molecule has 4 aromatic carbocycles. The van der Waals surface area contributed by atoms with Crippen molar-refractivity contribution in [1.82, 2.24) is 0 Å². The molecule has 4 aromatic rings. The van der Waals surface area contributed by atoms with Gasteiger partial charge in [-0.1, -0.05) is 64.1 Å². The van der Waals surface area contributed by atoms with Gasteiger partial charge < -0.3 is 0 Å². The fourth-order valence-corrected chi connectivity index (χ4v) is 5.21. The zero-order valence-electron chi connectivity index (χ0n) is 16.3. The van der Waals surface area contributed by atoms with E-state index in [1.807, 2.05) is 0 Å². The summed E-state index contributed by atoms with van der Waals surface area (Å²) in [6, 6.07) is 14.5. The molecule has 0 aliphatic heterocycles. The molecule has 0 saturated heterocycles. The molecule has 0 bridgehead atoms. The van der Waals surface area contributed by atoms with Crippen LogP contribution < -0.4 is 0 Å². The molecule has 0 nitrogen and oxygen atoms in total. The number of aryl methyl sites for hydroxylation is 4. The highest BCUT2D eigenvalue weighted by molar-refractivity contribution is 6.34. The van der Waals surface area contributed by atoms with Gasteiger partial charge in [0, 0.05) is 0 Å². The molecule has 0 heteroatoms. The zero-order chi connectivity index (χ0) is 18.0. The molecule has 130 valence electrons. The molecule has 0 N–H and O–H groups in total. The van der Waals surface area contributed by atoms with Crippen molar-refractivity contribution in [2.45, 2.75) is 53.4 Å². The fraction of sp³-hybridized carbons (Fsp3) is 0.308. The summed E-state index contributed by atoms with van der Waals surface area (Å²) in [5.41, 5.74) is 8.90. The molecule has 26 heavy (non-hydrogen) atoms. The van der Waals surface area contributed by atoms with Gasteiger partial charge in [0.2, 0.25) is 0 Å². The molecule has 0 radical (unpaired) electrons. The second-order valence-corrected chi connectivity index (χ2v) is 7.63. The van der Waals surface area contributed by atoms with Gasteiger partial charge in [0.1, 0.15) is 0 Å². The number of hydrogen-bond acceptors (Lipinski definition) is 0. The Morgan fingerprint density at radius 1 is 0.462 bits per heavy atom. The Morgan fingerprint density at radius 2 is 0.885 bits per heavy atom. The first kappa shape index (κ1) is 15.9. The molecule has 0 saturated carbocycles. The van der Waals surface area contributed by atoms with Crippen LogP contribution in [-0.4, -0.2) is 0 Å². The van der Waals surface area contributed by atoms with E-state index in [9.17, 15) is 0 Å². The average molecular weight is 338 g/mol. The second kappa shape index (κ2) is 5.58. The molecule has 0 amide bonds. The van der Waals surface area contributed by atoms with Crippen molar-refractivity contribution in [2.24, 2.45) is 0 Å². The van der Waals surface area contributed by atoms with Crippen molar-refractivity contribution >= 4 is 32.3 Å². The smallest absolute Gasteiger partial charge is 0.000857 e. The van der Waals surface area contributed by atoms with E-state index in [-0.39, 0.29) is 0 Å². The predicted molar refractivity (Wildman–Crippen MR) is 115 cm³/mol. The van der Waals surface area contributed by atoms with Crippen LogP contribution in [0.25, 0.3) is 43.4 Å². The Hall–Kier alpha value is -2.34. The van der Waals surface area contributed by atoms with E-state index in [0.29, 0.717) is 0 Å². The Labute approximate surface area is 155 Å². The van der Waals surface area contributed by atoms with E-state index in [1.54, 1.807) is 5.39 Å². The van der Waals surface area contributed by atoms with Gasteiger partial charge >= 0.3 is 0 Å². The topological polar surface area (TPSA) is 0 Å². The third kappa shape index (κ3) is 1.80. The lowest BCUT2D eigenvalue weighted by atomic mass is 9.88. The van der Waals surface area contributed by atoms with Crippen LogP contribution in [0, 0.1) is 0 Å². The predicted octanol–water partition coefficient (Wildman–Crippen LogP) is 7.38. The van der Waals surface area contributed by atoms with Crippen LogP contribution in [0.3, 0.4) is 0 Å². The Bertz CT molecular complexity index is 1120. The first-order valence-electron chi connectivity index (χ1n) is 10.2. The van der Waals surface area contributed by atoms with E-state index in [4.69, 9.17) is 0 Å². The number of benzene rings is 4. The summed E-state index contributed by atoms with van der Waals surface area (Å²) in [5.74, 6) is 0. The van der Waals surface area contributed by atoms with Crippen LogP contribution in [0.4, 0.5) is 0 Å². The van der Waals surface area contributed by atoms with Crippen molar-refractivity contribution in [2.75, 3.05) is 0 Å². The minimum absolute atomic E-state index is 1.10. The highest BCUT2D eigenvalue weighted by atomic mass is 14.3. The van der Waals surface area contributed by atoms with Crippen LogP contribution in [-0.2, 0) is 25.7 Å². The molecule has 0 spiro atoms. The lowest BCUT2D eigenvalue weighted by Crippen LogP contribution is -1.94. The summed E-state index contributed by atoms with van der Waals surface area (Å²) >= 11 is 0. The minimum atomic E-state index is 1.10. The van der Waals surface area contributed by atoms with Crippen LogP contribution in [0.2, 0.25) is 0 Å². The lowest BCUT2D eigenvalue weighted by molar-refractivity contribution is 1.12. The van der Waals surface area contributed by atoms with Crippen molar-refractivity contribution in [3.63, 3.8) is 0 Å². The first-order chi connectivity index (χ1) is 12.7. The Balaban J connectivity index is 2.16. The van der Waals surface area contributed by atoms with Crippen molar-refractivity contribution in [3.05, 3.63) is 58.7 Å². The van der Waals surface area contributed by atoms with Gasteiger partial charge in [-0.15, -0.1) is 0 Å². The van der Waals surface area contributed by atoms with Gasteiger partial charge in [-0.3, -0.25) is 0 Å². The van der Waals surface area contributed by atoms with E-state index >= 15 is 0 Å². The van der Waals surface area contributed by atoms with Crippen molar-refractivity contribution in [3.8, 4) is 11.1 Å². The van der Waals surface area contributed by atoms with Crippen molar-refractivity contribution in [1.29, 1.82) is 0 Å². The summed E-state index contributed by atoms with van der Waals surface area (Å²) in [7, 11) is 0. The maximum atomic E-state index is 2.50. The molecule has 0 aromatic heterocycles. The van der Waals surface area contributed by atoms with Gasteiger partial charge in [0.05, 0.1) is 0 Å². The molecular weight excluding hydrogens is 312 g/mol. The van der Waals surface area contributed by atoms with Gasteiger partial charge in [-0.2, -0.15) is 0 Å². The van der Waals surface area contributed by atoms with Gasteiger partial charge in [-0.25, -0.2) is 0 Å². The molecule has 0 fully saturated rings. The van der Waals surface area contributed by atoms with Crippen LogP contribution in [0.5, 0.6) is 0 Å². The van der Waals surface area contributed by atoms with Gasteiger partial charge in [0.15, 0.2) is 0 Å². The maximum absolute atomic E-state index is 2.50. The molecular formula is C26H26. The van der Waals surface area contributed by atoms with Crippen LogP contribution in [0.1, 0.15) is 49.9 Å². The Kier molecular flexibility index (Phi) is 3.41. The normalized spacial score (nSPS) is 12.5. The maximum Gasteiger partial charge on any atom is -0.000857 e. The Morgan fingerprint density at radius 3 is 1.27 bits per heavy atom. The van der Waals surface area contributed by atoms with E-state index < -0.39 is 0 Å².